The van der Waals surface area contributed by atoms with Crippen LogP contribution in [0.15, 0.2) is 42.5 Å². The fraction of sp³-hybridized carbons (Fsp3) is 0.364. The molecule has 2 aromatic carbocycles. The van der Waals surface area contributed by atoms with E-state index in [1.165, 1.54) is 11.1 Å². The van der Waals surface area contributed by atoms with Gasteiger partial charge in [-0.3, -0.25) is 4.79 Å². The Morgan fingerprint density at radius 3 is 2.68 bits per heavy atom. The van der Waals surface area contributed by atoms with E-state index in [0.29, 0.717) is 24.4 Å². The standard InChI is InChI=1S/C22H27N3O3/c1-15-13-18(21(26)23-11-12-28-2)8-10-20(15)25-22(27)24-19-9-7-16-5-3-4-6-17(16)14-19/h3-6,8,10,13,19H,7,9,11-12,14H2,1-2H3,(H,23,26)(H2,24,25,27). The van der Waals surface area contributed by atoms with E-state index in [0.717, 1.165) is 24.8 Å². The first-order valence-electron chi connectivity index (χ1n) is 9.59. The van der Waals surface area contributed by atoms with Crippen molar-refractivity contribution in [2.24, 2.45) is 0 Å². The Morgan fingerprint density at radius 2 is 1.93 bits per heavy atom. The summed E-state index contributed by atoms with van der Waals surface area (Å²) in [6.07, 6.45) is 2.76. The van der Waals surface area contributed by atoms with Crippen molar-refractivity contribution in [2.75, 3.05) is 25.6 Å². The van der Waals surface area contributed by atoms with Crippen molar-refractivity contribution in [1.82, 2.24) is 10.6 Å². The molecule has 1 unspecified atom stereocenters. The highest BCUT2D eigenvalue weighted by Gasteiger charge is 2.20. The van der Waals surface area contributed by atoms with Crippen LogP contribution in [0.2, 0.25) is 0 Å². The molecule has 1 atom stereocenters. The second-order valence-electron chi connectivity index (χ2n) is 7.09. The summed E-state index contributed by atoms with van der Waals surface area (Å²) in [6, 6.07) is 13.5. The van der Waals surface area contributed by atoms with Crippen molar-refractivity contribution >= 4 is 17.6 Å². The smallest absolute Gasteiger partial charge is 0.319 e. The molecule has 0 saturated heterocycles. The summed E-state index contributed by atoms with van der Waals surface area (Å²) in [5.41, 5.74) is 4.77. The number of nitrogens with one attached hydrogen (secondary N) is 3. The van der Waals surface area contributed by atoms with Gasteiger partial charge in [-0.15, -0.1) is 0 Å². The Bertz CT molecular complexity index is 851. The first-order valence-corrected chi connectivity index (χ1v) is 9.59. The van der Waals surface area contributed by atoms with Crippen molar-refractivity contribution < 1.29 is 14.3 Å². The molecule has 1 aliphatic carbocycles. The molecule has 0 aliphatic heterocycles. The van der Waals surface area contributed by atoms with E-state index in [1.54, 1.807) is 25.3 Å². The summed E-state index contributed by atoms with van der Waals surface area (Å²) in [5.74, 6) is -0.156. The van der Waals surface area contributed by atoms with E-state index in [9.17, 15) is 9.59 Å². The highest BCUT2D eigenvalue weighted by Crippen LogP contribution is 2.21. The van der Waals surface area contributed by atoms with Crippen molar-refractivity contribution in [3.05, 3.63) is 64.7 Å². The van der Waals surface area contributed by atoms with Crippen LogP contribution in [-0.2, 0) is 17.6 Å². The molecule has 3 amide bonds. The van der Waals surface area contributed by atoms with Gasteiger partial charge in [-0.1, -0.05) is 24.3 Å². The number of carbonyl (C=O) groups is 2. The number of amides is 3. The van der Waals surface area contributed by atoms with Gasteiger partial charge in [0, 0.05) is 30.9 Å². The minimum atomic E-state index is -0.218. The molecule has 0 saturated carbocycles. The molecule has 1 aliphatic rings. The molecule has 0 bridgehead atoms. The van der Waals surface area contributed by atoms with E-state index < -0.39 is 0 Å². The van der Waals surface area contributed by atoms with Gasteiger partial charge in [-0.05, 0) is 61.1 Å². The van der Waals surface area contributed by atoms with Crippen LogP contribution in [0.25, 0.3) is 0 Å². The van der Waals surface area contributed by atoms with Crippen LogP contribution >= 0.6 is 0 Å². The Balaban J connectivity index is 1.55. The molecule has 0 fully saturated rings. The van der Waals surface area contributed by atoms with Gasteiger partial charge in [0.2, 0.25) is 0 Å². The highest BCUT2D eigenvalue weighted by atomic mass is 16.5. The average Bonchev–Trinajstić information content (AvgIpc) is 2.69. The Hall–Kier alpha value is -2.86. The molecule has 2 aromatic rings. The number of hydrogen-bond donors (Lipinski definition) is 3. The van der Waals surface area contributed by atoms with Crippen molar-refractivity contribution in [3.63, 3.8) is 0 Å². The predicted octanol–water partition coefficient (Wildman–Crippen LogP) is 3.05. The maximum Gasteiger partial charge on any atom is 0.319 e. The van der Waals surface area contributed by atoms with Crippen LogP contribution in [0.3, 0.4) is 0 Å². The van der Waals surface area contributed by atoms with Crippen molar-refractivity contribution in [3.8, 4) is 0 Å². The van der Waals surface area contributed by atoms with Crippen LogP contribution in [0.1, 0.15) is 33.5 Å². The number of ether oxygens (including phenoxy) is 1. The number of urea groups is 1. The summed E-state index contributed by atoms with van der Waals surface area (Å²) in [6.45, 7) is 2.80. The fourth-order valence-electron chi connectivity index (χ4n) is 3.48. The molecule has 0 heterocycles. The Labute approximate surface area is 165 Å². The van der Waals surface area contributed by atoms with Gasteiger partial charge in [0.1, 0.15) is 0 Å². The zero-order valence-corrected chi connectivity index (χ0v) is 16.4. The van der Waals surface area contributed by atoms with Gasteiger partial charge in [0.15, 0.2) is 0 Å². The third kappa shape index (κ3) is 5.10. The minimum absolute atomic E-state index is 0.126. The van der Waals surface area contributed by atoms with Gasteiger partial charge >= 0.3 is 6.03 Å². The second-order valence-corrected chi connectivity index (χ2v) is 7.09. The quantitative estimate of drug-likeness (QED) is 0.673. The Morgan fingerprint density at radius 1 is 1.14 bits per heavy atom. The number of methoxy groups -OCH3 is 1. The molecular weight excluding hydrogens is 354 g/mol. The lowest BCUT2D eigenvalue weighted by Crippen LogP contribution is -2.41. The zero-order valence-electron chi connectivity index (χ0n) is 16.4. The molecule has 3 rings (SSSR count). The number of anilines is 1. The number of carbonyl (C=O) groups excluding carboxylic acids is 2. The summed E-state index contributed by atoms with van der Waals surface area (Å²) in [4.78, 5) is 24.5. The Kier molecular flexibility index (Phi) is 6.66. The van der Waals surface area contributed by atoms with E-state index in [2.05, 4.69) is 34.1 Å². The third-order valence-electron chi connectivity index (χ3n) is 5.01. The third-order valence-corrected chi connectivity index (χ3v) is 5.01. The lowest BCUT2D eigenvalue weighted by molar-refractivity contribution is 0.0937. The second kappa shape index (κ2) is 9.37. The molecule has 6 nitrogen and oxygen atoms in total. The molecule has 6 heteroatoms. The highest BCUT2D eigenvalue weighted by molar-refractivity contribution is 5.96. The number of aryl methyl sites for hydroxylation is 2. The zero-order chi connectivity index (χ0) is 19.9. The van der Waals surface area contributed by atoms with E-state index in [1.807, 2.05) is 13.0 Å². The van der Waals surface area contributed by atoms with Gasteiger partial charge in [-0.25, -0.2) is 4.79 Å². The maximum absolute atomic E-state index is 12.4. The average molecular weight is 381 g/mol. The molecule has 28 heavy (non-hydrogen) atoms. The fourth-order valence-corrected chi connectivity index (χ4v) is 3.48. The predicted molar refractivity (Wildman–Crippen MR) is 110 cm³/mol. The summed E-state index contributed by atoms with van der Waals surface area (Å²) in [5, 5.41) is 8.75. The van der Waals surface area contributed by atoms with Crippen molar-refractivity contribution in [2.45, 2.75) is 32.2 Å². The van der Waals surface area contributed by atoms with Crippen LogP contribution in [0, 0.1) is 6.92 Å². The lowest BCUT2D eigenvalue weighted by Gasteiger charge is -2.25. The van der Waals surface area contributed by atoms with E-state index >= 15 is 0 Å². The number of rotatable bonds is 6. The monoisotopic (exact) mass is 381 g/mol. The van der Waals surface area contributed by atoms with Crippen LogP contribution < -0.4 is 16.0 Å². The van der Waals surface area contributed by atoms with E-state index in [-0.39, 0.29) is 18.0 Å². The number of benzene rings is 2. The SMILES string of the molecule is COCCNC(=O)c1ccc(NC(=O)NC2CCc3ccccc3C2)c(C)c1. The van der Waals surface area contributed by atoms with Gasteiger partial charge < -0.3 is 20.7 Å². The van der Waals surface area contributed by atoms with E-state index in [4.69, 9.17) is 4.74 Å². The molecule has 3 N–H and O–H groups in total. The molecule has 0 aromatic heterocycles. The summed E-state index contributed by atoms with van der Waals surface area (Å²) < 4.78 is 4.93. The first kappa shape index (κ1) is 19.9. The minimum Gasteiger partial charge on any atom is -0.383 e. The molecule has 0 spiro atoms. The van der Waals surface area contributed by atoms with Crippen LogP contribution in [-0.4, -0.2) is 38.2 Å². The number of fused-ring (bicyclic) bond motifs is 1. The van der Waals surface area contributed by atoms with Gasteiger partial charge in [0.25, 0.3) is 5.91 Å². The maximum atomic E-state index is 12.4. The molecular formula is C22H27N3O3. The van der Waals surface area contributed by atoms with Gasteiger partial charge in [0.05, 0.1) is 6.61 Å². The normalized spacial score (nSPS) is 15.4. The number of hydrogen-bond acceptors (Lipinski definition) is 3. The van der Waals surface area contributed by atoms with Crippen molar-refractivity contribution in [1.29, 1.82) is 0 Å². The first-order chi connectivity index (χ1) is 13.6. The topological polar surface area (TPSA) is 79.5 Å². The summed E-state index contributed by atoms with van der Waals surface area (Å²) in [7, 11) is 1.59. The largest absolute Gasteiger partial charge is 0.383 e. The van der Waals surface area contributed by atoms with Gasteiger partial charge in [-0.2, -0.15) is 0 Å². The van der Waals surface area contributed by atoms with Crippen LogP contribution in [0.4, 0.5) is 10.5 Å². The summed E-state index contributed by atoms with van der Waals surface area (Å²) >= 11 is 0. The molecule has 148 valence electrons. The lowest BCUT2D eigenvalue weighted by atomic mass is 9.88. The molecule has 0 radical (unpaired) electrons. The van der Waals surface area contributed by atoms with Crippen LogP contribution in [0.5, 0.6) is 0 Å².